The number of benzene rings is 1. The van der Waals surface area contributed by atoms with Gasteiger partial charge in [-0.2, -0.15) is 0 Å². The van der Waals surface area contributed by atoms with E-state index in [0.29, 0.717) is 12.0 Å². The topological polar surface area (TPSA) is 29.3 Å². The van der Waals surface area contributed by atoms with Crippen molar-refractivity contribution < 1.29 is 0 Å². The van der Waals surface area contributed by atoms with Gasteiger partial charge in [-0.05, 0) is 62.2 Å². The molecular formula is C18H28N2. The fraction of sp³-hybridized carbons (Fsp3) is 0.667. The smallest absolute Gasteiger partial charge is 0.0572 e. The maximum absolute atomic E-state index is 7.05. The van der Waals surface area contributed by atoms with Gasteiger partial charge < -0.3 is 5.73 Å². The van der Waals surface area contributed by atoms with E-state index in [1.165, 1.54) is 49.9 Å². The molecule has 1 aliphatic heterocycles. The van der Waals surface area contributed by atoms with Crippen molar-refractivity contribution in [2.24, 2.45) is 11.7 Å². The van der Waals surface area contributed by atoms with E-state index in [1.54, 1.807) is 0 Å². The van der Waals surface area contributed by atoms with Crippen LogP contribution in [0.4, 0.5) is 0 Å². The van der Waals surface area contributed by atoms with Gasteiger partial charge in [0.25, 0.3) is 0 Å². The van der Waals surface area contributed by atoms with E-state index in [2.05, 4.69) is 43.0 Å². The summed E-state index contributed by atoms with van der Waals surface area (Å²) in [5.74, 6) is 0.635. The molecule has 1 saturated heterocycles. The predicted molar refractivity (Wildman–Crippen MR) is 84.7 cm³/mol. The van der Waals surface area contributed by atoms with Crippen molar-refractivity contribution >= 4 is 0 Å². The van der Waals surface area contributed by atoms with Gasteiger partial charge in [-0.25, -0.2) is 0 Å². The molecule has 2 nitrogen and oxygen atoms in total. The van der Waals surface area contributed by atoms with E-state index in [1.807, 2.05) is 0 Å². The van der Waals surface area contributed by atoms with Crippen LogP contribution in [0.5, 0.6) is 0 Å². The minimum Gasteiger partial charge on any atom is -0.320 e. The third-order valence-corrected chi connectivity index (χ3v) is 5.13. The maximum atomic E-state index is 7.05. The second kappa shape index (κ2) is 5.50. The Labute approximate surface area is 123 Å². The Hall–Kier alpha value is -0.860. The molecule has 3 rings (SSSR count). The molecule has 110 valence electrons. The first kappa shape index (κ1) is 14.1. The van der Waals surface area contributed by atoms with Crippen molar-refractivity contribution in [1.82, 2.24) is 4.90 Å². The molecule has 2 aliphatic rings. The van der Waals surface area contributed by atoms with Gasteiger partial charge in [0, 0.05) is 6.04 Å². The number of hydrogen-bond acceptors (Lipinski definition) is 2. The molecule has 20 heavy (non-hydrogen) atoms. The Morgan fingerprint density at radius 1 is 1.25 bits per heavy atom. The number of likely N-dealkylation sites (tertiary alicyclic amines) is 1. The summed E-state index contributed by atoms with van der Waals surface area (Å²) in [6, 6.07) is 9.40. The van der Waals surface area contributed by atoms with Gasteiger partial charge >= 0.3 is 0 Å². The summed E-state index contributed by atoms with van der Waals surface area (Å²) in [4.78, 5) is 2.66. The Bertz CT molecular complexity index is 462. The second-order valence-corrected chi connectivity index (χ2v) is 7.09. The van der Waals surface area contributed by atoms with Crippen molar-refractivity contribution in [3.8, 4) is 0 Å². The monoisotopic (exact) mass is 272 g/mol. The van der Waals surface area contributed by atoms with Crippen LogP contribution >= 0.6 is 0 Å². The van der Waals surface area contributed by atoms with Crippen molar-refractivity contribution in [3.05, 3.63) is 35.4 Å². The summed E-state index contributed by atoms with van der Waals surface area (Å²) in [7, 11) is 0. The Kier molecular flexibility index (Phi) is 3.87. The molecular weight excluding hydrogens is 244 g/mol. The van der Waals surface area contributed by atoms with Gasteiger partial charge in [0.05, 0.1) is 5.54 Å². The average molecular weight is 272 g/mol. The van der Waals surface area contributed by atoms with Crippen LogP contribution < -0.4 is 5.73 Å². The number of nitrogens with zero attached hydrogens (tertiary/aromatic N) is 1. The van der Waals surface area contributed by atoms with Gasteiger partial charge in [-0.1, -0.05) is 38.1 Å². The van der Waals surface area contributed by atoms with Gasteiger partial charge in [-0.15, -0.1) is 0 Å². The van der Waals surface area contributed by atoms with Crippen molar-refractivity contribution in [2.75, 3.05) is 13.1 Å². The van der Waals surface area contributed by atoms with E-state index < -0.39 is 0 Å². The highest BCUT2D eigenvalue weighted by atomic mass is 15.2. The first-order valence-corrected chi connectivity index (χ1v) is 8.22. The van der Waals surface area contributed by atoms with Crippen LogP contribution in [-0.2, 0) is 12.0 Å². The summed E-state index contributed by atoms with van der Waals surface area (Å²) in [5.41, 5.74) is 9.79. The summed E-state index contributed by atoms with van der Waals surface area (Å²) < 4.78 is 0. The highest BCUT2D eigenvalue weighted by Gasteiger charge is 2.44. The predicted octanol–water partition coefficient (Wildman–Crippen LogP) is 3.30. The molecule has 0 aromatic heterocycles. The summed E-state index contributed by atoms with van der Waals surface area (Å²) >= 11 is 0. The fourth-order valence-corrected chi connectivity index (χ4v) is 4.40. The number of nitrogens with two attached hydrogens (primary N) is 1. The van der Waals surface area contributed by atoms with E-state index in [0.717, 1.165) is 6.42 Å². The first-order valence-electron chi connectivity index (χ1n) is 8.22. The van der Waals surface area contributed by atoms with Gasteiger partial charge in [0.1, 0.15) is 0 Å². The summed E-state index contributed by atoms with van der Waals surface area (Å²) in [6.07, 6.45) is 6.19. The van der Waals surface area contributed by atoms with Crippen LogP contribution in [0.25, 0.3) is 0 Å². The maximum Gasteiger partial charge on any atom is 0.0572 e. The van der Waals surface area contributed by atoms with Gasteiger partial charge in [0.15, 0.2) is 0 Å². The van der Waals surface area contributed by atoms with Crippen LogP contribution in [0.3, 0.4) is 0 Å². The Morgan fingerprint density at radius 3 is 2.65 bits per heavy atom. The van der Waals surface area contributed by atoms with Crippen molar-refractivity contribution in [2.45, 2.75) is 57.5 Å². The number of aryl methyl sites for hydroxylation is 1. The van der Waals surface area contributed by atoms with E-state index >= 15 is 0 Å². The minimum absolute atomic E-state index is 0.159. The van der Waals surface area contributed by atoms with Crippen molar-refractivity contribution in [3.63, 3.8) is 0 Å². The normalized spacial score (nSPS) is 30.7. The quantitative estimate of drug-likeness (QED) is 0.915. The van der Waals surface area contributed by atoms with E-state index in [4.69, 9.17) is 5.73 Å². The zero-order valence-corrected chi connectivity index (χ0v) is 12.9. The molecule has 2 N–H and O–H groups in total. The largest absolute Gasteiger partial charge is 0.320 e. The number of rotatable bonds is 3. The SMILES string of the molecule is CC(C)CC1(N)c2ccccc2CCC1N1CCCC1. The van der Waals surface area contributed by atoms with E-state index in [9.17, 15) is 0 Å². The molecule has 0 amide bonds. The zero-order valence-electron chi connectivity index (χ0n) is 12.9. The minimum atomic E-state index is -0.159. The first-order chi connectivity index (χ1) is 9.61. The number of fused-ring (bicyclic) bond motifs is 1. The molecule has 0 radical (unpaired) electrons. The standard InChI is InChI=1S/C18H28N2/c1-14(2)13-18(19)16-8-4-3-7-15(16)9-10-17(18)20-11-5-6-12-20/h3-4,7-8,14,17H,5-6,9-13,19H2,1-2H3. The molecule has 0 saturated carbocycles. The van der Waals surface area contributed by atoms with Crippen LogP contribution in [0.1, 0.15) is 50.7 Å². The van der Waals surface area contributed by atoms with Crippen LogP contribution in [-0.4, -0.2) is 24.0 Å². The molecule has 2 unspecified atom stereocenters. The highest BCUT2D eigenvalue weighted by Crippen LogP contribution is 2.41. The third kappa shape index (κ3) is 2.40. The van der Waals surface area contributed by atoms with Crippen LogP contribution in [0.2, 0.25) is 0 Å². The molecule has 1 aliphatic carbocycles. The molecule has 2 atom stereocenters. The van der Waals surface area contributed by atoms with Gasteiger partial charge in [-0.3, -0.25) is 4.90 Å². The lowest BCUT2D eigenvalue weighted by Crippen LogP contribution is -2.58. The lowest BCUT2D eigenvalue weighted by molar-refractivity contribution is 0.109. The number of hydrogen-bond donors (Lipinski definition) is 1. The summed E-state index contributed by atoms with van der Waals surface area (Å²) in [5, 5.41) is 0. The third-order valence-electron chi connectivity index (χ3n) is 5.13. The average Bonchev–Trinajstić information content (AvgIpc) is 2.92. The fourth-order valence-electron chi connectivity index (χ4n) is 4.40. The Balaban J connectivity index is 1.99. The van der Waals surface area contributed by atoms with Gasteiger partial charge in [0.2, 0.25) is 0 Å². The molecule has 0 bridgehead atoms. The molecule has 1 heterocycles. The molecule has 1 aromatic rings. The van der Waals surface area contributed by atoms with E-state index in [-0.39, 0.29) is 5.54 Å². The molecule has 2 heteroatoms. The van der Waals surface area contributed by atoms with Crippen LogP contribution in [0, 0.1) is 5.92 Å². The molecule has 0 spiro atoms. The molecule has 1 fully saturated rings. The lowest BCUT2D eigenvalue weighted by Gasteiger charge is -2.48. The Morgan fingerprint density at radius 2 is 1.95 bits per heavy atom. The summed E-state index contributed by atoms with van der Waals surface area (Å²) in [6.45, 7) is 7.08. The van der Waals surface area contributed by atoms with Crippen molar-refractivity contribution in [1.29, 1.82) is 0 Å². The highest BCUT2D eigenvalue weighted by molar-refractivity contribution is 5.38. The molecule has 1 aromatic carbocycles. The van der Waals surface area contributed by atoms with Crippen LogP contribution in [0.15, 0.2) is 24.3 Å². The lowest BCUT2D eigenvalue weighted by atomic mass is 9.69. The zero-order chi connectivity index (χ0) is 14.2. The second-order valence-electron chi connectivity index (χ2n) is 7.09.